The molecule has 118 valence electrons. The molecule has 2 rings (SSSR count). The Kier molecular flexibility index (Phi) is 5.21. The Morgan fingerprint density at radius 3 is 2.59 bits per heavy atom. The number of hydrogen-bond acceptors (Lipinski definition) is 4. The van der Waals surface area contributed by atoms with Gasteiger partial charge in [-0.25, -0.2) is 0 Å². The standard InChI is InChI=1S/C16H19ClN2O3/c1-4-9-19(3)16(21)15-13(10(2)20)14(18-22-15)11-5-7-12(17)8-6-11/h5-8,10,20H,4,9H2,1-3H3/t10-/m0/s1. The van der Waals surface area contributed by atoms with Gasteiger partial charge < -0.3 is 14.5 Å². The molecule has 0 unspecified atom stereocenters. The predicted octanol–water partition coefficient (Wildman–Crippen LogP) is 3.53. The third kappa shape index (κ3) is 3.31. The molecule has 0 saturated carbocycles. The lowest BCUT2D eigenvalue weighted by atomic mass is 10.0. The van der Waals surface area contributed by atoms with E-state index in [1.54, 1.807) is 43.1 Å². The maximum Gasteiger partial charge on any atom is 0.292 e. The van der Waals surface area contributed by atoms with Gasteiger partial charge in [-0.15, -0.1) is 0 Å². The molecule has 1 amide bonds. The summed E-state index contributed by atoms with van der Waals surface area (Å²) in [7, 11) is 1.70. The molecule has 1 heterocycles. The van der Waals surface area contributed by atoms with Gasteiger partial charge in [-0.2, -0.15) is 0 Å². The van der Waals surface area contributed by atoms with Gasteiger partial charge in [0, 0.05) is 24.2 Å². The van der Waals surface area contributed by atoms with E-state index in [4.69, 9.17) is 16.1 Å². The lowest BCUT2D eigenvalue weighted by Crippen LogP contribution is -2.28. The Bertz CT molecular complexity index is 650. The third-order valence-electron chi connectivity index (χ3n) is 3.36. The number of aromatic nitrogens is 1. The Morgan fingerprint density at radius 1 is 1.41 bits per heavy atom. The minimum Gasteiger partial charge on any atom is -0.388 e. The Morgan fingerprint density at radius 2 is 2.05 bits per heavy atom. The van der Waals surface area contributed by atoms with Crippen LogP contribution in [0.3, 0.4) is 0 Å². The van der Waals surface area contributed by atoms with Crippen LogP contribution in [0.4, 0.5) is 0 Å². The number of aliphatic hydroxyl groups excluding tert-OH is 1. The molecule has 0 aliphatic carbocycles. The van der Waals surface area contributed by atoms with Crippen molar-refractivity contribution >= 4 is 17.5 Å². The predicted molar refractivity (Wildman–Crippen MR) is 84.8 cm³/mol. The Balaban J connectivity index is 2.46. The summed E-state index contributed by atoms with van der Waals surface area (Å²) in [6.07, 6.45) is -0.0318. The quantitative estimate of drug-likeness (QED) is 0.914. The fourth-order valence-corrected chi connectivity index (χ4v) is 2.39. The average molecular weight is 323 g/mol. The summed E-state index contributed by atoms with van der Waals surface area (Å²) in [4.78, 5) is 14.0. The molecule has 1 N–H and O–H groups in total. The molecule has 0 radical (unpaired) electrons. The number of halogens is 1. The zero-order valence-corrected chi connectivity index (χ0v) is 13.6. The maximum atomic E-state index is 12.4. The zero-order valence-electron chi connectivity index (χ0n) is 12.8. The molecule has 0 aliphatic rings. The van der Waals surface area contributed by atoms with Crippen LogP contribution in [0.2, 0.25) is 5.02 Å². The first-order valence-electron chi connectivity index (χ1n) is 7.14. The monoisotopic (exact) mass is 322 g/mol. The molecule has 0 saturated heterocycles. The van der Waals surface area contributed by atoms with Gasteiger partial charge in [0.25, 0.3) is 5.91 Å². The second-order valence-electron chi connectivity index (χ2n) is 5.18. The van der Waals surface area contributed by atoms with Gasteiger partial charge in [0.1, 0.15) is 5.69 Å². The van der Waals surface area contributed by atoms with Crippen LogP contribution in [0.15, 0.2) is 28.8 Å². The zero-order chi connectivity index (χ0) is 16.3. The fraction of sp³-hybridized carbons (Fsp3) is 0.375. The van der Waals surface area contributed by atoms with Crippen molar-refractivity contribution in [2.45, 2.75) is 26.4 Å². The topological polar surface area (TPSA) is 66.6 Å². The number of amides is 1. The van der Waals surface area contributed by atoms with Crippen LogP contribution in [0.5, 0.6) is 0 Å². The molecule has 0 bridgehead atoms. The van der Waals surface area contributed by atoms with Crippen LogP contribution in [0, 0.1) is 0 Å². The fourth-order valence-electron chi connectivity index (χ4n) is 2.27. The van der Waals surface area contributed by atoms with Crippen LogP contribution in [0.25, 0.3) is 11.3 Å². The van der Waals surface area contributed by atoms with E-state index in [1.165, 1.54) is 0 Å². The summed E-state index contributed by atoms with van der Waals surface area (Å²) in [5.41, 5.74) is 1.59. The highest BCUT2D eigenvalue weighted by Gasteiger charge is 2.28. The number of hydrogen-bond donors (Lipinski definition) is 1. The smallest absolute Gasteiger partial charge is 0.292 e. The van der Waals surface area contributed by atoms with Crippen LogP contribution >= 0.6 is 11.6 Å². The van der Waals surface area contributed by atoms with E-state index in [9.17, 15) is 9.90 Å². The van der Waals surface area contributed by atoms with Gasteiger partial charge in [0.15, 0.2) is 0 Å². The molecule has 1 aromatic heterocycles. The van der Waals surface area contributed by atoms with Gasteiger partial charge in [-0.1, -0.05) is 35.8 Å². The summed E-state index contributed by atoms with van der Waals surface area (Å²) in [5.74, 6) is -0.207. The highest BCUT2D eigenvalue weighted by atomic mass is 35.5. The molecule has 2 aromatic rings. The molecule has 0 spiro atoms. The van der Waals surface area contributed by atoms with Crippen molar-refractivity contribution in [3.05, 3.63) is 40.6 Å². The molecule has 6 heteroatoms. The number of nitrogens with zero attached hydrogens (tertiary/aromatic N) is 2. The normalized spacial score (nSPS) is 12.2. The third-order valence-corrected chi connectivity index (χ3v) is 3.62. The van der Waals surface area contributed by atoms with Crippen molar-refractivity contribution in [2.24, 2.45) is 0 Å². The van der Waals surface area contributed by atoms with Crippen molar-refractivity contribution in [3.63, 3.8) is 0 Å². The van der Waals surface area contributed by atoms with Crippen molar-refractivity contribution in [3.8, 4) is 11.3 Å². The Hall–Kier alpha value is -1.85. The highest BCUT2D eigenvalue weighted by molar-refractivity contribution is 6.30. The van der Waals surface area contributed by atoms with Crippen molar-refractivity contribution in [1.29, 1.82) is 0 Å². The summed E-state index contributed by atoms with van der Waals surface area (Å²) in [6.45, 7) is 4.18. The van der Waals surface area contributed by atoms with Crippen molar-refractivity contribution < 1.29 is 14.4 Å². The van der Waals surface area contributed by atoms with Crippen molar-refractivity contribution in [2.75, 3.05) is 13.6 Å². The van der Waals surface area contributed by atoms with Crippen LogP contribution in [-0.2, 0) is 0 Å². The van der Waals surface area contributed by atoms with E-state index in [1.807, 2.05) is 6.92 Å². The molecule has 1 atom stereocenters. The summed E-state index contributed by atoms with van der Waals surface area (Å²) in [5, 5.41) is 14.6. The summed E-state index contributed by atoms with van der Waals surface area (Å²) >= 11 is 5.88. The van der Waals surface area contributed by atoms with Gasteiger partial charge in [-0.05, 0) is 25.5 Å². The molecule has 5 nitrogen and oxygen atoms in total. The Labute approximate surface area is 134 Å². The molecule has 1 aromatic carbocycles. The lowest BCUT2D eigenvalue weighted by molar-refractivity contribution is 0.0745. The van der Waals surface area contributed by atoms with Crippen LogP contribution < -0.4 is 0 Å². The first-order valence-corrected chi connectivity index (χ1v) is 7.52. The lowest BCUT2D eigenvalue weighted by Gasteiger charge is -2.15. The second-order valence-corrected chi connectivity index (χ2v) is 5.62. The minimum atomic E-state index is -0.870. The van der Waals surface area contributed by atoms with Gasteiger partial charge in [-0.3, -0.25) is 4.79 Å². The number of carbonyl (C=O) groups is 1. The van der Waals surface area contributed by atoms with Gasteiger partial charge >= 0.3 is 0 Å². The number of carbonyl (C=O) groups excluding carboxylic acids is 1. The van der Waals surface area contributed by atoms with E-state index in [-0.39, 0.29) is 11.7 Å². The van der Waals surface area contributed by atoms with Crippen LogP contribution in [-0.4, -0.2) is 34.7 Å². The van der Waals surface area contributed by atoms with Gasteiger partial charge in [0.2, 0.25) is 5.76 Å². The number of rotatable bonds is 5. The van der Waals surface area contributed by atoms with Crippen LogP contribution in [0.1, 0.15) is 42.5 Å². The molecule has 0 fully saturated rings. The molecular weight excluding hydrogens is 304 g/mol. The van der Waals surface area contributed by atoms with Crippen molar-refractivity contribution in [1.82, 2.24) is 10.1 Å². The average Bonchev–Trinajstić information content (AvgIpc) is 2.92. The minimum absolute atomic E-state index is 0.0795. The van der Waals surface area contributed by atoms with Gasteiger partial charge in [0.05, 0.1) is 11.7 Å². The number of aliphatic hydroxyl groups is 1. The summed E-state index contributed by atoms with van der Waals surface area (Å²) < 4.78 is 5.24. The van der Waals surface area contributed by atoms with E-state index in [0.29, 0.717) is 22.8 Å². The molecule has 0 aliphatic heterocycles. The maximum absolute atomic E-state index is 12.4. The highest BCUT2D eigenvalue weighted by Crippen LogP contribution is 2.31. The first kappa shape index (κ1) is 16.5. The molecular formula is C16H19ClN2O3. The largest absolute Gasteiger partial charge is 0.388 e. The first-order chi connectivity index (χ1) is 10.5. The SMILES string of the molecule is CCCN(C)C(=O)c1onc(-c2ccc(Cl)cc2)c1[C@H](C)O. The van der Waals surface area contributed by atoms with E-state index in [2.05, 4.69) is 5.16 Å². The van der Waals surface area contributed by atoms with E-state index in [0.717, 1.165) is 12.0 Å². The summed E-state index contributed by atoms with van der Waals surface area (Å²) in [6, 6.07) is 7.00. The molecule has 22 heavy (non-hydrogen) atoms. The number of benzene rings is 1. The van der Waals surface area contributed by atoms with E-state index >= 15 is 0 Å². The second kappa shape index (κ2) is 6.94. The van der Waals surface area contributed by atoms with E-state index < -0.39 is 6.10 Å².